The second-order valence-electron chi connectivity index (χ2n) is 5.65. The lowest BCUT2D eigenvalue weighted by molar-refractivity contribution is -0.387. The van der Waals surface area contributed by atoms with E-state index in [1.54, 1.807) is 0 Å². The molecule has 0 unspecified atom stereocenters. The summed E-state index contributed by atoms with van der Waals surface area (Å²) >= 11 is 0. The number of benzene rings is 3. The van der Waals surface area contributed by atoms with Crippen molar-refractivity contribution in [3.8, 4) is 0 Å². The van der Waals surface area contributed by atoms with E-state index in [0.717, 1.165) is 23.3 Å². The van der Waals surface area contributed by atoms with E-state index in [0.29, 0.717) is 0 Å². The van der Waals surface area contributed by atoms with Crippen LogP contribution in [0.1, 0.15) is 27.5 Å². The molecule has 1 N–H and O–H groups in total. The fourth-order valence-electron chi connectivity index (χ4n) is 2.66. The van der Waals surface area contributed by atoms with Gasteiger partial charge in [-0.05, 0) is 23.3 Å². The quantitative estimate of drug-likeness (QED) is 0.552. The van der Waals surface area contributed by atoms with Crippen molar-refractivity contribution in [2.24, 2.45) is 0 Å². The predicted octanol–water partition coefficient (Wildman–Crippen LogP) is 4.25. The summed E-state index contributed by atoms with van der Waals surface area (Å²) in [4.78, 5) is 22.7. The molecule has 0 saturated carbocycles. The molecule has 0 heterocycles. The van der Waals surface area contributed by atoms with Gasteiger partial charge in [-0.25, -0.2) is 0 Å². The molecule has 0 saturated heterocycles. The van der Waals surface area contributed by atoms with Crippen LogP contribution >= 0.6 is 0 Å². The van der Waals surface area contributed by atoms with E-state index in [4.69, 9.17) is 0 Å². The normalized spacial score (nSPS) is 10.5. The summed E-state index contributed by atoms with van der Waals surface area (Å²) in [7, 11) is 0. The van der Waals surface area contributed by atoms with Gasteiger partial charge in [0.15, 0.2) is 0 Å². The van der Waals surface area contributed by atoms with Crippen LogP contribution < -0.4 is 5.32 Å². The van der Waals surface area contributed by atoms with E-state index < -0.39 is 28.4 Å². The van der Waals surface area contributed by atoms with Gasteiger partial charge in [-0.3, -0.25) is 14.9 Å². The number of hydrogen-bond donors (Lipinski definition) is 1. The van der Waals surface area contributed by atoms with Crippen molar-refractivity contribution in [2.45, 2.75) is 6.04 Å². The molecule has 1 amide bonds. The highest BCUT2D eigenvalue weighted by Gasteiger charge is 2.21. The number of nitrogens with zero attached hydrogens (tertiary/aromatic N) is 1. The van der Waals surface area contributed by atoms with E-state index >= 15 is 0 Å². The van der Waals surface area contributed by atoms with Gasteiger partial charge in [0, 0.05) is 11.6 Å². The van der Waals surface area contributed by atoms with E-state index in [9.17, 15) is 19.3 Å². The van der Waals surface area contributed by atoms with Gasteiger partial charge in [0.2, 0.25) is 5.82 Å². The summed E-state index contributed by atoms with van der Waals surface area (Å²) < 4.78 is 13.5. The molecule has 26 heavy (non-hydrogen) atoms. The Bertz CT molecular complexity index is 891. The van der Waals surface area contributed by atoms with Crippen molar-refractivity contribution in [2.75, 3.05) is 0 Å². The van der Waals surface area contributed by atoms with Gasteiger partial charge in [0.1, 0.15) is 0 Å². The maximum Gasteiger partial charge on any atom is 0.305 e. The first-order chi connectivity index (χ1) is 12.6. The zero-order chi connectivity index (χ0) is 18.5. The van der Waals surface area contributed by atoms with Gasteiger partial charge >= 0.3 is 5.69 Å². The largest absolute Gasteiger partial charge is 0.341 e. The summed E-state index contributed by atoms with van der Waals surface area (Å²) in [6.45, 7) is 0. The Labute approximate surface area is 149 Å². The molecule has 0 fully saturated rings. The molecule has 3 aromatic carbocycles. The van der Waals surface area contributed by atoms with Gasteiger partial charge in [-0.2, -0.15) is 4.39 Å². The Balaban J connectivity index is 1.94. The fraction of sp³-hybridized carbons (Fsp3) is 0.0500. The monoisotopic (exact) mass is 350 g/mol. The first kappa shape index (κ1) is 17.3. The van der Waals surface area contributed by atoms with Crippen molar-refractivity contribution < 1.29 is 14.1 Å². The van der Waals surface area contributed by atoms with Crippen LogP contribution in [0, 0.1) is 15.9 Å². The number of carbonyl (C=O) groups is 1. The molecule has 0 aliphatic heterocycles. The van der Waals surface area contributed by atoms with Crippen molar-refractivity contribution in [3.05, 3.63) is 111 Å². The third kappa shape index (κ3) is 3.75. The Morgan fingerprint density at radius 1 is 0.923 bits per heavy atom. The first-order valence-electron chi connectivity index (χ1n) is 7.91. The Hall–Kier alpha value is -3.54. The summed E-state index contributed by atoms with van der Waals surface area (Å²) in [5, 5.41) is 13.8. The zero-order valence-electron chi connectivity index (χ0n) is 13.6. The summed E-state index contributed by atoms with van der Waals surface area (Å²) in [5.41, 5.74) is 1.02. The number of nitro groups is 1. The third-order valence-electron chi connectivity index (χ3n) is 3.95. The Kier molecular flexibility index (Phi) is 5.03. The van der Waals surface area contributed by atoms with E-state index in [1.165, 1.54) is 6.07 Å². The van der Waals surface area contributed by atoms with Gasteiger partial charge in [-0.1, -0.05) is 60.7 Å². The van der Waals surface area contributed by atoms with Crippen LogP contribution in [0.4, 0.5) is 10.1 Å². The van der Waals surface area contributed by atoms with Crippen molar-refractivity contribution in [1.82, 2.24) is 5.32 Å². The van der Waals surface area contributed by atoms with Gasteiger partial charge < -0.3 is 5.32 Å². The van der Waals surface area contributed by atoms with E-state index in [2.05, 4.69) is 5.32 Å². The van der Waals surface area contributed by atoms with Crippen LogP contribution in [-0.4, -0.2) is 10.8 Å². The topological polar surface area (TPSA) is 72.2 Å². The molecular formula is C20H15FN2O3. The van der Waals surface area contributed by atoms with Gasteiger partial charge in [0.25, 0.3) is 5.91 Å². The second kappa shape index (κ2) is 7.57. The van der Waals surface area contributed by atoms with Crippen LogP contribution in [0.15, 0.2) is 78.9 Å². The van der Waals surface area contributed by atoms with Crippen LogP contribution in [-0.2, 0) is 0 Å². The standard InChI is InChI=1S/C20H15FN2O3/c21-17-12-11-16(13-18(17)23(25)26)20(24)22-19(14-7-3-1-4-8-14)15-9-5-2-6-10-15/h1-13,19H,(H,22,24). The number of carbonyl (C=O) groups excluding carboxylic acids is 1. The molecule has 0 aromatic heterocycles. The van der Waals surface area contributed by atoms with Crippen molar-refractivity contribution >= 4 is 11.6 Å². The van der Waals surface area contributed by atoms with Gasteiger partial charge in [0.05, 0.1) is 11.0 Å². The summed E-state index contributed by atoms with van der Waals surface area (Å²) in [6.07, 6.45) is 0. The number of hydrogen-bond acceptors (Lipinski definition) is 3. The van der Waals surface area contributed by atoms with Crippen LogP contribution in [0.2, 0.25) is 0 Å². The highest BCUT2D eigenvalue weighted by Crippen LogP contribution is 2.23. The molecule has 3 rings (SSSR count). The fourth-order valence-corrected chi connectivity index (χ4v) is 2.66. The smallest absolute Gasteiger partial charge is 0.305 e. The Morgan fingerprint density at radius 3 is 1.96 bits per heavy atom. The van der Waals surface area contributed by atoms with Crippen LogP contribution in [0.3, 0.4) is 0 Å². The summed E-state index contributed by atoms with van der Waals surface area (Å²) in [5.74, 6) is -1.50. The average Bonchev–Trinajstić information content (AvgIpc) is 2.67. The molecular weight excluding hydrogens is 335 g/mol. The maximum absolute atomic E-state index is 13.5. The lowest BCUT2D eigenvalue weighted by Gasteiger charge is -2.20. The third-order valence-corrected chi connectivity index (χ3v) is 3.95. The van der Waals surface area contributed by atoms with Crippen LogP contribution in [0.25, 0.3) is 0 Å². The molecule has 0 aliphatic rings. The first-order valence-corrected chi connectivity index (χ1v) is 7.91. The lowest BCUT2D eigenvalue weighted by atomic mass is 9.98. The molecule has 0 radical (unpaired) electrons. The Morgan fingerprint density at radius 2 is 1.46 bits per heavy atom. The summed E-state index contributed by atoms with van der Waals surface area (Å²) in [6, 6.07) is 21.4. The molecule has 0 spiro atoms. The highest BCUT2D eigenvalue weighted by molar-refractivity contribution is 5.95. The number of rotatable bonds is 5. The minimum atomic E-state index is -0.978. The number of amides is 1. The molecule has 3 aromatic rings. The molecule has 130 valence electrons. The minimum absolute atomic E-state index is 0.0231. The maximum atomic E-state index is 13.5. The minimum Gasteiger partial charge on any atom is -0.341 e. The predicted molar refractivity (Wildman–Crippen MR) is 95.2 cm³/mol. The molecule has 0 bridgehead atoms. The average molecular weight is 350 g/mol. The zero-order valence-corrected chi connectivity index (χ0v) is 13.6. The molecule has 6 heteroatoms. The molecule has 5 nitrogen and oxygen atoms in total. The lowest BCUT2D eigenvalue weighted by Crippen LogP contribution is -2.29. The number of halogens is 1. The molecule has 0 atom stereocenters. The molecule has 0 aliphatic carbocycles. The van der Waals surface area contributed by atoms with E-state index in [1.807, 2.05) is 60.7 Å². The number of nitrogens with one attached hydrogen (secondary N) is 1. The van der Waals surface area contributed by atoms with Crippen LogP contribution in [0.5, 0.6) is 0 Å². The second-order valence-corrected chi connectivity index (χ2v) is 5.65. The van der Waals surface area contributed by atoms with Crippen molar-refractivity contribution in [1.29, 1.82) is 0 Å². The van der Waals surface area contributed by atoms with Gasteiger partial charge in [-0.15, -0.1) is 0 Å². The highest BCUT2D eigenvalue weighted by atomic mass is 19.1. The number of nitro benzene ring substituents is 1. The van der Waals surface area contributed by atoms with Crippen molar-refractivity contribution in [3.63, 3.8) is 0 Å². The SMILES string of the molecule is O=C(NC(c1ccccc1)c1ccccc1)c1ccc(F)c([N+](=O)[O-])c1. The van der Waals surface area contributed by atoms with E-state index in [-0.39, 0.29) is 5.56 Å².